The minimum atomic E-state index is -1.21. The lowest BCUT2D eigenvalue weighted by Crippen LogP contribution is -2.25. The van der Waals surface area contributed by atoms with Crippen molar-refractivity contribution >= 4 is 17.6 Å². The normalized spacial score (nSPS) is 10.5. The summed E-state index contributed by atoms with van der Waals surface area (Å²) in [5.41, 5.74) is 0.648. The van der Waals surface area contributed by atoms with Crippen LogP contribution in [0.2, 0.25) is 0 Å². The summed E-state index contributed by atoms with van der Waals surface area (Å²) < 4.78 is 10.5. The van der Waals surface area contributed by atoms with E-state index in [1.165, 1.54) is 17.0 Å². The average Bonchev–Trinajstić information content (AvgIpc) is 2.96. The lowest BCUT2D eigenvalue weighted by molar-refractivity contribution is 0.0660. The number of aromatic carboxylic acids is 1. The fourth-order valence-electron chi connectivity index (χ4n) is 1.87. The number of carbonyl (C=O) groups is 2. The predicted octanol–water partition coefficient (Wildman–Crippen LogP) is 3.04. The highest BCUT2D eigenvalue weighted by Crippen LogP contribution is 2.21. The van der Waals surface area contributed by atoms with Crippen molar-refractivity contribution in [2.75, 3.05) is 11.9 Å². The van der Waals surface area contributed by atoms with Crippen molar-refractivity contribution < 1.29 is 23.8 Å². The molecule has 0 atom stereocenters. The second-order valence-electron chi connectivity index (χ2n) is 4.99. The maximum atomic E-state index is 12.3. The molecule has 1 amide bonds. The first-order chi connectivity index (χ1) is 10.4. The van der Waals surface area contributed by atoms with Gasteiger partial charge in [-0.2, -0.15) is 0 Å². The van der Waals surface area contributed by atoms with E-state index in [1.54, 1.807) is 31.3 Å². The molecule has 0 aliphatic carbocycles. The number of anilines is 1. The second kappa shape index (κ2) is 6.34. The van der Waals surface area contributed by atoms with Gasteiger partial charge >= 0.3 is 5.97 Å². The summed E-state index contributed by atoms with van der Waals surface area (Å²) in [5.74, 6) is -1.22. The van der Waals surface area contributed by atoms with E-state index < -0.39 is 11.9 Å². The van der Waals surface area contributed by atoms with E-state index in [1.807, 2.05) is 13.8 Å². The van der Waals surface area contributed by atoms with Gasteiger partial charge in [-0.1, -0.05) is 0 Å². The molecule has 22 heavy (non-hydrogen) atoms. The first-order valence-electron chi connectivity index (χ1n) is 6.76. The van der Waals surface area contributed by atoms with Crippen molar-refractivity contribution in [1.29, 1.82) is 0 Å². The summed E-state index contributed by atoms with van der Waals surface area (Å²) in [7, 11) is 1.59. The highest BCUT2D eigenvalue weighted by atomic mass is 16.5. The summed E-state index contributed by atoms with van der Waals surface area (Å²) in [6, 6.07) is 9.63. The Kier molecular flexibility index (Phi) is 4.50. The second-order valence-corrected chi connectivity index (χ2v) is 4.99. The Hall–Kier alpha value is -2.76. The van der Waals surface area contributed by atoms with E-state index in [2.05, 4.69) is 0 Å². The Morgan fingerprint density at radius 1 is 1.09 bits per heavy atom. The van der Waals surface area contributed by atoms with E-state index in [-0.39, 0.29) is 17.6 Å². The Balaban J connectivity index is 2.14. The maximum Gasteiger partial charge on any atom is 0.371 e. The van der Waals surface area contributed by atoms with Crippen LogP contribution in [0.15, 0.2) is 40.8 Å². The van der Waals surface area contributed by atoms with Crippen molar-refractivity contribution in [3.8, 4) is 5.75 Å². The topological polar surface area (TPSA) is 80.0 Å². The molecule has 1 heterocycles. The monoisotopic (exact) mass is 303 g/mol. The fraction of sp³-hybridized carbons (Fsp3) is 0.250. The minimum absolute atomic E-state index is 0.0255. The van der Waals surface area contributed by atoms with Crippen LogP contribution in [0.4, 0.5) is 5.69 Å². The van der Waals surface area contributed by atoms with Crippen LogP contribution in [0.3, 0.4) is 0 Å². The van der Waals surface area contributed by atoms with Crippen molar-refractivity contribution in [2.24, 2.45) is 0 Å². The molecule has 1 N–H and O–H groups in total. The van der Waals surface area contributed by atoms with Crippen molar-refractivity contribution in [1.82, 2.24) is 0 Å². The Labute approximate surface area is 127 Å². The summed E-state index contributed by atoms with van der Waals surface area (Å²) in [6.07, 6.45) is 0.0720. The zero-order chi connectivity index (χ0) is 16.3. The molecule has 0 spiro atoms. The van der Waals surface area contributed by atoms with E-state index in [0.717, 1.165) is 0 Å². The molecule has 0 radical (unpaired) electrons. The third-order valence-corrected chi connectivity index (χ3v) is 2.93. The number of furan rings is 1. The summed E-state index contributed by atoms with van der Waals surface area (Å²) in [5, 5.41) is 8.81. The molecular formula is C16H17NO5. The van der Waals surface area contributed by atoms with Crippen molar-refractivity contribution in [2.45, 2.75) is 20.0 Å². The molecule has 0 aliphatic rings. The van der Waals surface area contributed by atoms with Crippen LogP contribution >= 0.6 is 0 Å². The predicted molar refractivity (Wildman–Crippen MR) is 80.6 cm³/mol. The van der Waals surface area contributed by atoms with Crippen LogP contribution in [0, 0.1) is 0 Å². The molecule has 6 heteroatoms. The van der Waals surface area contributed by atoms with Gasteiger partial charge in [0.25, 0.3) is 5.91 Å². The zero-order valence-electron chi connectivity index (χ0n) is 12.6. The van der Waals surface area contributed by atoms with Crippen LogP contribution in [-0.4, -0.2) is 30.1 Å². The van der Waals surface area contributed by atoms with E-state index >= 15 is 0 Å². The molecule has 1 aromatic carbocycles. The largest absolute Gasteiger partial charge is 0.491 e. The molecule has 0 saturated heterocycles. The first-order valence-corrected chi connectivity index (χ1v) is 6.76. The number of carbonyl (C=O) groups excluding carboxylic acids is 1. The van der Waals surface area contributed by atoms with Crippen LogP contribution in [0.5, 0.6) is 5.75 Å². The van der Waals surface area contributed by atoms with Gasteiger partial charge in [0, 0.05) is 12.7 Å². The Morgan fingerprint density at radius 2 is 1.68 bits per heavy atom. The zero-order valence-corrected chi connectivity index (χ0v) is 12.6. The molecule has 0 aliphatic heterocycles. The number of ether oxygens (including phenoxy) is 1. The smallest absolute Gasteiger partial charge is 0.371 e. The fourth-order valence-corrected chi connectivity index (χ4v) is 1.87. The maximum absolute atomic E-state index is 12.3. The number of nitrogens with zero attached hydrogens (tertiary/aromatic N) is 1. The lowest BCUT2D eigenvalue weighted by atomic mass is 10.2. The van der Waals surface area contributed by atoms with Gasteiger partial charge in [-0.15, -0.1) is 0 Å². The molecule has 6 nitrogen and oxygen atoms in total. The Morgan fingerprint density at radius 3 is 2.18 bits per heavy atom. The van der Waals surface area contributed by atoms with Crippen LogP contribution < -0.4 is 9.64 Å². The summed E-state index contributed by atoms with van der Waals surface area (Å²) in [4.78, 5) is 24.4. The third-order valence-electron chi connectivity index (χ3n) is 2.93. The van der Waals surface area contributed by atoms with Gasteiger partial charge in [0.15, 0.2) is 5.76 Å². The van der Waals surface area contributed by atoms with Gasteiger partial charge in [0.2, 0.25) is 5.76 Å². The van der Waals surface area contributed by atoms with Gasteiger partial charge in [-0.3, -0.25) is 4.79 Å². The number of amides is 1. The molecule has 0 saturated carbocycles. The lowest BCUT2D eigenvalue weighted by Gasteiger charge is -2.17. The third kappa shape index (κ3) is 3.46. The van der Waals surface area contributed by atoms with Gasteiger partial charge < -0.3 is 19.2 Å². The van der Waals surface area contributed by atoms with Crippen molar-refractivity contribution in [3.63, 3.8) is 0 Å². The standard InChI is InChI=1S/C16H17NO5/c1-10(2)21-12-6-4-11(5-7-12)17(3)15(18)13-8-9-14(22-13)16(19)20/h4-10H,1-3H3,(H,19,20). The first kappa shape index (κ1) is 15.6. The molecule has 0 bridgehead atoms. The molecule has 116 valence electrons. The number of benzene rings is 1. The summed E-state index contributed by atoms with van der Waals surface area (Å²) >= 11 is 0. The minimum Gasteiger partial charge on any atom is -0.491 e. The summed E-state index contributed by atoms with van der Waals surface area (Å²) in [6.45, 7) is 3.86. The number of rotatable bonds is 5. The van der Waals surface area contributed by atoms with E-state index in [4.69, 9.17) is 14.3 Å². The quantitative estimate of drug-likeness (QED) is 0.918. The van der Waals surface area contributed by atoms with Gasteiger partial charge in [-0.05, 0) is 50.2 Å². The molecule has 2 aromatic rings. The van der Waals surface area contributed by atoms with Gasteiger partial charge in [0.1, 0.15) is 5.75 Å². The molecule has 0 unspecified atom stereocenters. The molecule has 1 aromatic heterocycles. The van der Waals surface area contributed by atoms with Gasteiger partial charge in [-0.25, -0.2) is 4.79 Å². The number of carboxylic acid groups (broad SMARTS) is 1. The molecular weight excluding hydrogens is 286 g/mol. The number of carboxylic acids is 1. The highest BCUT2D eigenvalue weighted by molar-refractivity contribution is 6.04. The highest BCUT2D eigenvalue weighted by Gasteiger charge is 2.19. The van der Waals surface area contributed by atoms with E-state index in [0.29, 0.717) is 11.4 Å². The average molecular weight is 303 g/mol. The number of hydrogen-bond donors (Lipinski definition) is 1. The van der Waals surface area contributed by atoms with E-state index in [9.17, 15) is 9.59 Å². The van der Waals surface area contributed by atoms with Crippen molar-refractivity contribution in [3.05, 3.63) is 47.9 Å². The van der Waals surface area contributed by atoms with Crippen LogP contribution in [-0.2, 0) is 0 Å². The van der Waals surface area contributed by atoms with Gasteiger partial charge in [0.05, 0.1) is 6.10 Å². The molecule has 2 rings (SSSR count). The van der Waals surface area contributed by atoms with Crippen LogP contribution in [0.25, 0.3) is 0 Å². The van der Waals surface area contributed by atoms with Crippen LogP contribution in [0.1, 0.15) is 35.0 Å². The number of hydrogen-bond acceptors (Lipinski definition) is 4. The Bertz CT molecular complexity index is 672. The molecule has 0 fully saturated rings. The SMILES string of the molecule is CC(C)Oc1ccc(N(C)C(=O)c2ccc(C(=O)O)o2)cc1.